The van der Waals surface area contributed by atoms with Gasteiger partial charge in [0.1, 0.15) is 0 Å². The second-order valence-corrected chi connectivity index (χ2v) is 4.80. The summed E-state index contributed by atoms with van der Waals surface area (Å²) >= 11 is 3.32. The van der Waals surface area contributed by atoms with Gasteiger partial charge in [0.05, 0.1) is 11.3 Å². The average molecular weight is 335 g/mol. The lowest BCUT2D eigenvalue weighted by atomic mass is 10.2. The number of para-hydroxylation sites is 1. The summed E-state index contributed by atoms with van der Waals surface area (Å²) in [6, 6.07) is 12.8. The van der Waals surface area contributed by atoms with Gasteiger partial charge in [-0.25, -0.2) is 9.59 Å². The van der Waals surface area contributed by atoms with Gasteiger partial charge in [0.25, 0.3) is 0 Å². The molecule has 2 aromatic rings. The van der Waals surface area contributed by atoms with Crippen molar-refractivity contribution < 1.29 is 14.7 Å². The van der Waals surface area contributed by atoms with E-state index in [1.165, 1.54) is 12.1 Å². The molecule has 3 N–H and O–H groups in total. The van der Waals surface area contributed by atoms with Crippen molar-refractivity contribution >= 4 is 39.3 Å². The zero-order valence-electron chi connectivity index (χ0n) is 10.3. The highest BCUT2D eigenvalue weighted by Gasteiger charge is 2.07. The highest BCUT2D eigenvalue weighted by atomic mass is 79.9. The first-order chi connectivity index (χ1) is 9.56. The number of aromatic carboxylic acids is 1. The van der Waals surface area contributed by atoms with E-state index >= 15 is 0 Å². The number of anilines is 2. The average Bonchev–Trinajstić information content (AvgIpc) is 2.41. The largest absolute Gasteiger partial charge is 0.478 e. The van der Waals surface area contributed by atoms with E-state index in [1.807, 2.05) is 6.07 Å². The maximum Gasteiger partial charge on any atom is 0.335 e. The summed E-state index contributed by atoms with van der Waals surface area (Å²) in [6.45, 7) is 0. The number of amides is 2. The molecule has 6 heteroatoms. The maximum atomic E-state index is 11.8. The fourth-order valence-corrected chi connectivity index (χ4v) is 1.96. The molecule has 2 amide bonds. The lowest BCUT2D eigenvalue weighted by Gasteiger charge is -2.09. The molecule has 0 aliphatic rings. The molecule has 0 fully saturated rings. The summed E-state index contributed by atoms with van der Waals surface area (Å²) in [4.78, 5) is 22.7. The van der Waals surface area contributed by atoms with Gasteiger partial charge in [-0.3, -0.25) is 0 Å². The summed E-state index contributed by atoms with van der Waals surface area (Å²) in [6.07, 6.45) is 0. The molecule has 0 atom stereocenters. The Balaban J connectivity index is 2.07. The van der Waals surface area contributed by atoms with Gasteiger partial charge in [0.15, 0.2) is 0 Å². The first-order valence-electron chi connectivity index (χ1n) is 5.72. The van der Waals surface area contributed by atoms with Crippen LogP contribution in [0.25, 0.3) is 0 Å². The molecule has 0 saturated carbocycles. The molecule has 20 heavy (non-hydrogen) atoms. The Morgan fingerprint density at radius 1 is 1.00 bits per heavy atom. The molecule has 0 unspecified atom stereocenters. The second-order valence-electron chi connectivity index (χ2n) is 3.94. The number of nitrogens with one attached hydrogen (secondary N) is 2. The third-order valence-electron chi connectivity index (χ3n) is 2.49. The molecule has 0 saturated heterocycles. The Labute approximate surface area is 123 Å². The van der Waals surface area contributed by atoms with Crippen LogP contribution >= 0.6 is 15.9 Å². The van der Waals surface area contributed by atoms with Gasteiger partial charge >= 0.3 is 12.0 Å². The number of carbonyl (C=O) groups is 2. The summed E-state index contributed by atoms with van der Waals surface area (Å²) in [7, 11) is 0. The Kier molecular flexibility index (Phi) is 4.37. The maximum absolute atomic E-state index is 11.8. The van der Waals surface area contributed by atoms with Crippen LogP contribution in [-0.4, -0.2) is 17.1 Å². The molecule has 2 aromatic carbocycles. The van der Waals surface area contributed by atoms with Crippen molar-refractivity contribution in [1.29, 1.82) is 0 Å². The molecule has 0 spiro atoms. The molecule has 0 aliphatic carbocycles. The standard InChI is InChI=1S/C14H11BrN2O3/c15-11-6-1-2-7-12(11)17-14(20)16-10-5-3-4-9(8-10)13(18)19/h1-8H,(H,18,19)(H2,16,17,20). The van der Waals surface area contributed by atoms with Crippen LogP contribution < -0.4 is 10.6 Å². The molecular formula is C14H11BrN2O3. The number of carbonyl (C=O) groups excluding carboxylic acids is 1. The van der Waals surface area contributed by atoms with E-state index < -0.39 is 12.0 Å². The van der Waals surface area contributed by atoms with E-state index in [4.69, 9.17) is 5.11 Å². The molecule has 2 rings (SSSR count). The summed E-state index contributed by atoms with van der Waals surface area (Å²) < 4.78 is 0.759. The Morgan fingerprint density at radius 2 is 1.75 bits per heavy atom. The molecule has 0 radical (unpaired) electrons. The third kappa shape index (κ3) is 3.58. The Bertz CT molecular complexity index is 658. The fourth-order valence-electron chi connectivity index (χ4n) is 1.58. The van der Waals surface area contributed by atoms with E-state index in [-0.39, 0.29) is 5.56 Å². The van der Waals surface area contributed by atoms with Crippen LogP contribution in [0.1, 0.15) is 10.4 Å². The van der Waals surface area contributed by atoms with Crippen LogP contribution in [0, 0.1) is 0 Å². The Morgan fingerprint density at radius 3 is 2.45 bits per heavy atom. The van der Waals surface area contributed by atoms with E-state index in [1.54, 1.807) is 30.3 Å². The summed E-state index contributed by atoms with van der Waals surface area (Å²) in [5.74, 6) is -1.04. The van der Waals surface area contributed by atoms with Gasteiger partial charge in [-0.1, -0.05) is 18.2 Å². The van der Waals surface area contributed by atoms with Crippen molar-refractivity contribution in [3.63, 3.8) is 0 Å². The SMILES string of the molecule is O=C(Nc1cccc(C(=O)O)c1)Nc1ccccc1Br. The minimum absolute atomic E-state index is 0.115. The van der Waals surface area contributed by atoms with Gasteiger partial charge in [0.2, 0.25) is 0 Å². The van der Waals surface area contributed by atoms with Gasteiger partial charge in [-0.2, -0.15) is 0 Å². The molecule has 5 nitrogen and oxygen atoms in total. The number of hydrogen-bond acceptors (Lipinski definition) is 2. The normalized spacial score (nSPS) is 9.85. The van der Waals surface area contributed by atoms with Crippen molar-refractivity contribution in [2.24, 2.45) is 0 Å². The highest BCUT2D eigenvalue weighted by molar-refractivity contribution is 9.10. The lowest BCUT2D eigenvalue weighted by Crippen LogP contribution is -2.19. The van der Waals surface area contributed by atoms with E-state index in [2.05, 4.69) is 26.6 Å². The van der Waals surface area contributed by atoms with Crippen LogP contribution in [0.5, 0.6) is 0 Å². The molecule has 0 heterocycles. The number of hydrogen-bond donors (Lipinski definition) is 3. The number of rotatable bonds is 3. The first kappa shape index (κ1) is 14.1. The van der Waals surface area contributed by atoms with Crippen molar-refractivity contribution in [2.75, 3.05) is 10.6 Å². The Hall–Kier alpha value is -2.34. The number of carboxylic acids is 1. The zero-order valence-corrected chi connectivity index (χ0v) is 11.8. The molecule has 102 valence electrons. The van der Waals surface area contributed by atoms with Crippen molar-refractivity contribution in [1.82, 2.24) is 0 Å². The minimum atomic E-state index is -1.04. The van der Waals surface area contributed by atoms with Crippen LogP contribution in [0.15, 0.2) is 53.0 Å². The van der Waals surface area contributed by atoms with Gasteiger partial charge in [-0.15, -0.1) is 0 Å². The van der Waals surface area contributed by atoms with Gasteiger partial charge in [-0.05, 0) is 46.3 Å². The summed E-state index contributed by atoms with van der Waals surface area (Å²) in [5, 5.41) is 14.1. The molecular weight excluding hydrogens is 324 g/mol. The van der Waals surface area contributed by atoms with Gasteiger partial charge in [0, 0.05) is 10.2 Å². The zero-order chi connectivity index (χ0) is 14.5. The van der Waals surface area contributed by atoms with Crippen molar-refractivity contribution in [3.8, 4) is 0 Å². The van der Waals surface area contributed by atoms with Crippen molar-refractivity contribution in [2.45, 2.75) is 0 Å². The second kappa shape index (κ2) is 6.21. The van der Waals surface area contributed by atoms with E-state index in [0.717, 1.165) is 4.47 Å². The van der Waals surface area contributed by atoms with Crippen LogP contribution in [0.3, 0.4) is 0 Å². The third-order valence-corrected chi connectivity index (χ3v) is 3.18. The number of carboxylic acid groups (broad SMARTS) is 1. The molecule has 0 aliphatic heterocycles. The monoisotopic (exact) mass is 334 g/mol. The van der Waals surface area contributed by atoms with E-state index in [0.29, 0.717) is 11.4 Å². The fraction of sp³-hybridized carbons (Fsp3) is 0. The first-order valence-corrected chi connectivity index (χ1v) is 6.51. The topological polar surface area (TPSA) is 78.4 Å². The van der Waals surface area contributed by atoms with Crippen LogP contribution in [-0.2, 0) is 0 Å². The quantitative estimate of drug-likeness (QED) is 0.798. The van der Waals surface area contributed by atoms with Crippen LogP contribution in [0.2, 0.25) is 0 Å². The van der Waals surface area contributed by atoms with E-state index in [9.17, 15) is 9.59 Å². The predicted octanol–water partition coefficient (Wildman–Crippen LogP) is 3.79. The molecule has 0 bridgehead atoms. The van der Waals surface area contributed by atoms with Crippen molar-refractivity contribution in [3.05, 3.63) is 58.6 Å². The summed E-state index contributed by atoms with van der Waals surface area (Å²) in [5.41, 5.74) is 1.15. The minimum Gasteiger partial charge on any atom is -0.478 e. The number of urea groups is 1. The predicted molar refractivity (Wildman–Crippen MR) is 80.2 cm³/mol. The van der Waals surface area contributed by atoms with Gasteiger partial charge < -0.3 is 15.7 Å². The lowest BCUT2D eigenvalue weighted by molar-refractivity contribution is 0.0697. The smallest absolute Gasteiger partial charge is 0.335 e. The molecule has 0 aromatic heterocycles. The number of halogens is 1. The highest BCUT2D eigenvalue weighted by Crippen LogP contribution is 2.21. The number of benzene rings is 2. The van der Waals surface area contributed by atoms with Crippen LogP contribution in [0.4, 0.5) is 16.2 Å².